The summed E-state index contributed by atoms with van der Waals surface area (Å²) in [6.07, 6.45) is 15.0. The minimum absolute atomic E-state index is 0.0645. The predicted molar refractivity (Wildman–Crippen MR) is 313 cm³/mol. The number of rotatable bonds is 14. The number of fused-ring (bicyclic) bond motifs is 10. The molecule has 8 unspecified atom stereocenters. The second-order valence-electron chi connectivity index (χ2n) is 35.1. The Kier molecular flexibility index (Phi) is 15.9. The quantitative estimate of drug-likeness (QED) is 0.0898. The molecule has 12 fully saturated rings. The van der Waals surface area contributed by atoms with Gasteiger partial charge >= 0.3 is 23.9 Å². The number of ether oxygens (including phenoxy) is 2. The summed E-state index contributed by atoms with van der Waals surface area (Å²) in [6.45, 7) is 27.7. The first kappa shape index (κ1) is 61.4. The van der Waals surface area contributed by atoms with E-state index in [1.54, 1.807) is 0 Å². The smallest absolute Gasteiger partial charge is 0.306 e. The lowest BCUT2D eigenvalue weighted by atomic mass is 9.39. The Hall–Kier alpha value is -2.28. The lowest BCUT2D eigenvalue weighted by molar-refractivity contribution is -0.236. The first-order valence-electron chi connectivity index (χ1n) is 33.7. The number of carboxylic acid groups (broad SMARTS) is 2. The number of esters is 2. The van der Waals surface area contributed by atoms with Gasteiger partial charge in [-0.3, -0.25) is 19.2 Å². The fourth-order valence-corrected chi connectivity index (χ4v) is 26.4. The third-order valence-corrected chi connectivity index (χ3v) is 28.9. The summed E-state index contributed by atoms with van der Waals surface area (Å²) in [6, 6.07) is 0. The third-order valence-electron chi connectivity index (χ3n) is 28.9. The molecule has 0 aliphatic heterocycles. The monoisotopic (exact) mass is 1140 g/mol. The zero-order valence-electron chi connectivity index (χ0n) is 52.8. The van der Waals surface area contributed by atoms with Gasteiger partial charge in [-0.15, -0.1) is 0 Å². The molecular formula is C70H112O12. The van der Waals surface area contributed by atoms with E-state index in [1.807, 2.05) is 0 Å². The molecule has 12 nitrogen and oxygen atoms in total. The van der Waals surface area contributed by atoms with Crippen LogP contribution >= 0.6 is 0 Å². The second-order valence-corrected chi connectivity index (χ2v) is 35.1. The third kappa shape index (κ3) is 10.0. The van der Waals surface area contributed by atoms with E-state index in [4.69, 9.17) is 9.47 Å². The number of carbonyl (C=O) groups excluding carboxylic acids is 2. The van der Waals surface area contributed by atoms with Crippen molar-refractivity contribution in [1.29, 1.82) is 0 Å². The van der Waals surface area contributed by atoms with Crippen LogP contribution in [0.25, 0.3) is 0 Å². The van der Waals surface area contributed by atoms with Crippen LogP contribution < -0.4 is 0 Å². The van der Waals surface area contributed by atoms with Gasteiger partial charge in [0.2, 0.25) is 0 Å². The normalized spacial score (nSPS) is 50.8. The first-order valence-corrected chi connectivity index (χ1v) is 33.7. The van der Waals surface area contributed by atoms with Gasteiger partial charge in [0.15, 0.2) is 0 Å². The molecule has 12 aliphatic carbocycles. The maximum Gasteiger partial charge on any atom is 0.306 e. The van der Waals surface area contributed by atoms with Crippen LogP contribution in [0, 0.1) is 138 Å². The highest BCUT2D eigenvalue weighted by Crippen LogP contribution is 2.74. The topological polar surface area (TPSA) is 208 Å². The van der Waals surface area contributed by atoms with Crippen molar-refractivity contribution < 1.29 is 59.3 Å². The second kappa shape index (κ2) is 21.2. The molecule has 0 aromatic rings. The minimum atomic E-state index is -0.777. The van der Waals surface area contributed by atoms with Crippen LogP contribution in [0.2, 0.25) is 0 Å². The standard InChI is InChI=1S/C70H112O12/c1-37(13-19-57(75)76)45-15-17-47-61-49(28-55(73)67(45,47)11)65(9)41(24-51(61)71)22-43(26-53(65)63(3,4)5)81-59(79)34-69-30-39-21-40(31-69)33-70(32-39,36-69)35-60(80)82-44-23-42-25-52(72)62-48-18-16-46(38(2)14-20-58(77)78)68(48,12)56(74)29-50(62)66(42,10)54(27-44)64(6,7)8/h37-56,61-62,71-74H,13-36H2,1-12H3,(H,75,76)(H,77,78)/t37-,38-,39?,40?,41+,42+,43+,44+,45-,46-,47?,48?,49?,50?,51-,52-,53?,54?,55+,56+,61?,62?,65+,66+,67-,68-,69?,70?/m1/s1. The van der Waals surface area contributed by atoms with Crippen LogP contribution in [0.4, 0.5) is 0 Å². The lowest BCUT2D eigenvalue weighted by Crippen LogP contribution is -2.65. The van der Waals surface area contributed by atoms with E-state index < -0.39 is 36.4 Å². The van der Waals surface area contributed by atoms with Crippen LogP contribution in [-0.2, 0) is 28.7 Å². The van der Waals surface area contributed by atoms with Crippen molar-refractivity contribution in [2.45, 2.75) is 274 Å². The molecule has 464 valence electrons. The first-order chi connectivity index (χ1) is 38.2. The van der Waals surface area contributed by atoms with Gasteiger partial charge < -0.3 is 40.1 Å². The highest BCUT2D eigenvalue weighted by molar-refractivity contribution is 5.72. The molecule has 0 amide bonds. The van der Waals surface area contributed by atoms with E-state index in [0.717, 1.165) is 77.0 Å². The summed E-state index contributed by atoms with van der Waals surface area (Å²) < 4.78 is 13.5. The molecule has 0 heterocycles. The van der Waals surface area contributed by atoms with Crippen LogP contribution in [-0.4, -0.2) is 91.1 Å². The Balaban J connectivity index is 0.747. The predicted octanol–water partition coefficient (Wildman–Crippen LogP) is 12.9. The molecule has 0 saturated heterocycles. The minimum Gasteiger partial charge on any atom is -0.481 e. The summed E-state index contributed by atoms with van der Waals surface area (Å²) in [5.41, 5.74) is -1.70. The number of carbonyl (C=O) groups is 4. The molecule has 12 aliphatic rings. The van der Waals surface area contributed by atoms with E-state index in [9.17, 15) is 49.8 Å². The van der Waals surface area contributed by atoms with Gasteiger partial charge in [0.25, 0.3) is 0 Å². The molecular weight excluding hydrogens is 1030 g/mol. The van der Waals surface area contributed by atoms with Gasteiger partial charge in [0.05, 0.1) is 37.3 Å². The van der Waals surface area contributed by atoms with Crippen LogP contribution in [0.3, 0.4) is 0 Å². The summed E-state index contributed by atoms with van der Waals surface area (Å²) in [5.74, 6) is 1.34. The Labute approximate surface area is 492 Å². The van der Waals surface area contributed by atoms with E-state index in [-0.39, 0.29) is 163 Å². The van der Waals surface area contributed by atoms with E-state index in [1.165, 1.54) is 0 Å². The number of carboxylic acids is 2. The van der Waals surface area contributed by atoms with Crippen molar-refractivity contribution in [2.24, 2.45) is 138 Å². The SMILES string of the molecule is C[C@H](CCC(=O)O)[C@H]1CCC2C3C(C[C@H](O)[C@@]21C)[C@@]1(C)C(C(C)(C)C)C[C@@H](OC(=O)CC24CC5CC(C2)CC(CC(=O)O[C@@H]2CC(C(C)(C)C)[C@]6(C)C7C[C@H](O)[C@@]8(C)C(CC[C@@H]8[C@H](C)CCC(=O)O)C7[C@H](O)C[C@@H]6C2)(C5)C4)C[C@H]1C[C@H]3O. The number of aliphatic carboxylic acids is 2. The van der Waals surface area contributed by atoms with Gasteiger partial charge in [-0.1, -0.05) is 83.1 Å². The van der Waals surface area contributed by atoms with Gasteiger partial charge in [-0.05, 0) is 266 Å². The number of aliphatic hydroxyl groups excluding tert-OH is 4. The van der Waals surface area contributed by atoms with Crippen molar-refractivity contribution in [3.8, 4) is 0 Å². The number of hydrogen-bond donors (Lipinski definition) is 6. The maximum atomic E-state index is 14.7. The van der Waals surface area contributed by atoms with Crippen molar-refractivity contribution in [2.75, 3.05) is 0 Å². The van der Waals surface area contributed by atoms with Crippen LogP contribution in [0.1, 0.15) is 237 Å². The molecule has 82 heavy (non-hydrogen) atoms. The molecule has 12 rings (SSSR count). The number of aliphatic hydroxyl groups is 4. The Morgan fingerprint density at radius 3 is 1.20 bits per heavy atom. The van der Waals surface area contributed by atoms with Crippen LogP contribution in [0.5, 0.6) is 0 Å². The summed E-state index contributed by atoms with van der Waals surface area (Å²) >= 11 is 0. The largest absolute Gasteiger partial charge is 0.481 e. The molecule has 0 spiro atoms. The lowest BCUT2D eigenvalue weighted by Gasteiger charge is -2.67. The van der Waals surface area contributed by atoms with Crippen molar-refractivity contribution in [3.63, 3.8) is 0 Å². The average Bonchev–Trinajstić information content (AvgIpc) is 1.95. The van der Waals surface area contributed by atoms with E-state index >= 15 is 0 Å². The fourth-order valence-electron chi connectivity index (χ4n) is 26.4. The van der Waals surface area contributed by atoms with Crippen molar-refractivity contribution in [1.82, 2.24) is 0 Å². The molecule has 24 atom stereocenters. The molecule has 6 N–H and O–H groups in total. The molecule has 0 radical (unpaired) electrons. The van der Waals surface area contributed by atoms with Gasteiger partial charge in [0, 0.05) is 12.8 Å². The zero-order valence-corrected chi connectivity index (χ0v) is 52.8. The summed E-state index contributed by atoms with van der Waals surface area (Å²) in [5, 5.41) is 68.6. The van der Waals surface area contributed by atoms with Gasteiger partial charge in [-0.2, -0.15) is 0 Å². The molecule has 4 bridgehead atoms. The number of hydrogen-bond acceptors (Lipinski definition) is 10. The fraction of sp³-hybridized carbons (Fsp3) is 0.943. The molecule has 12 saturated carbocycles. The van der Waals surface area contributed by atoms with Crippen molar-refractivity contribution >= 4 is 23.9 Å². The van der Waals surface area contributed by atoms with Crippen LogP contribution in [0.15, 0.2) is 0 Å². The molecule has 0 aromatic carbocycles. The van der Waals surface area contributed by atoms with E-state index in [0.29, 0.717) is 76.0 Å². The Morgan fingerprint density at radius 1 is 0.488 bits per heavy atom. The Bertz CT molecular complexity index is 2250. The summed E-state index contributed by atoms with van der Waals surface area (Å²) in [7, 11) is 0. The van der Waals surface area contributed by atoms with Crippen molar-refractivity contribution in [3.05, 3.63) is 0 Å². The molecule has 0 aromatic heterocycles. The average molecular weight is 1150 g/mol. The van der Waals surface area contributed by atoms with Gasteiger partial charge in [0.1, 0.15) is 12.2 Å². The zero-order chi connectivity index (χ0) is 59.4. The molecule has 12 heteroatoms. The highest BCUT2D eigenvalue weighted by atomic mass is 16.5. The Morgan fingerprint density at radius 2 is 0.854 bits per heavy atom. The summed E-state index contributed by atoms with van der Waals surface area (Å²) in [4.78, 5) is 52.6. The highest BCUT2D eigenvalue weighted by Gasteiger charge is 2.71. The maximum absolute atomic E-state index is 14.7. The van der Waals surface area contributed by atoms with E-state index in [2.05, 4.69) is 83.1 Å². The van der Waals surface area contributed by atoms with Gasteiger partial charge in [-0.25, -0.2) is 0 Å².